The maximum Gasteiger partial charge on any atom is 0.321 e. The van der Waals surface area contributed by atoms with Crippen LogP contribution in [0.25, 0.3) is 0 Å². The number of rotatable bonds is 2. The molecular weight excluding hydrogens is 290 g/mol. The summed E-state index contributed by atoms with van der Waals surface area (Å²) in [5.41, 5.74) is 2.20. The molecule has 0 saturated carbocycles. The van der Waals surface area contributed by atoms with Gasteiger partial charge < -0.3 is 15.5 Å². The Balaban J connectivity index is 1.54. The van der Waals surface area contributed by atoms with Gasteiger partial charge in [0.15, 0.2) is 0 Å². The minimum atomic E-state index is -0.0815. The Hall–Kier alpha value is -2.10. The lowest BCUT2D eigenvalue weighted by Crippen LogP contribution is -2.53. The Morgan fingerprint density at radius 2 is 2.13 bits per heavy atom. The van der Waals surface area contributed by atoms with Gasteiger partial charge in [-0.05, 0) is 37.6 Å². The fraction of sp³-hybridized carbons (Fsp3) is 0.529. The van der Waals surface area contributed by atoms with Crippen molar-refractivity contribution >= 4 is 11.7 Å². The molecule has 122 valence electrons. The van der Waals surface area contributed by atoms with Crippen molar-refractivity contribution in [1.82, 2.24) is 15.1 Å². The van der Waals surface area contributed by atoms with Crippen LogP contribution >= 0.6 is 0 Å². The first-order valence-electron chi connectivity index (χ1n) is 8.19. The second-order valence-electron chi connectivity index (χ2n) is 6.24. The zero-order chi connectivity index (χ0) is 16.2. The summed E-state index contributed by atoms with van der Waals surface area (Å²) >= 11 is 0. The average molecular weight is 313 g/mol. The molecule has 1 aromatic rings. The summed E-state index contributed by atoms with van der Waals surface area (Å²) in [5.74, 6) is 0. The number of piperazine rings is 1. The third kappa shape index (κ3) is 3.63. The molecule has 2 aliphatic rings. The molecule has 2 amide bonds. The summed E-state index contributed by atoms with van der Waals surface area (Å²) < 4.78 is 0. The Kier molecular flexibility index (Phi) is 4.79. The Bertz CT molecular complexity index is 610. The molecule has 0 bridgehead atoms. The Labute approximate surface area is 137 Å². The highest BCUT2D eigenvalue weighted by Gasteiger charge is 2.27. The lowest BCUT2D eigenvalue weighted by atomic mass is 10.1. The summed E-state index contributed by atoms with van der Waals surface area (Å²) in [4.78, 5) is 16.7. The number of nitrogens with one attached hydrogen (secondary N) is 2. The van der Waals surface area contributed by atoms with Gasteiger partial charge >= 0.3 is 6.03 Å². The molecule has 2 fully saturated rings. The van der Waals surface area contributed by atoms with E-state index < -0.39 is 0 Å². The van der Waals surface area contributed by atoms with Crippen molar-refractivity contribution in [1.29, 1.82) is 5.26 Å². The van der Waals surface area contributed by atoms with Crippen LogP contribution in [0.4, 0.5) is 10.5 Å². The largest absolute Gasteiger partial charge is 0.322 e. The number of anilines is 1. The molecule has 3 rings (SSSR count). The zero-order valence-corrected chi connectivity index (χ0v) is 13.5. The van der Waals surface area contributed by atoms with Gasteiger partial charge in [0.2, 0.25) is 0 Å². The second-order valence-corrected chi connectivity index (χ2v) is 6.24. The number of amides is 2. The normalized spacial score (nSPS) is 21.9. The standard InChI is InChI=1S/C17H23N5O/c1-13-2-3-15(10-14(13)11-18)20-17(23)22-8-6-21(7-9-22)16-4-5-19-12-16/h2-3,10,16,19H,4-9,12H2,1H3,(H,20,23)/t16-/m1/s1. The number of aryl methyl sites for hydroxylation is 1. The van der Waals surface area contributed by atoms with Crippen LogP contribution in [-0.4, -0.2) is 61.1 Å². The van der Waals surface area contributed by atoms with Gasteiger partial charge in [0, 0.05) is 44.5 Å². The smallest absolute Gasteiger partial charge is 0.321 e. The molecule has 0 radical (unpaired) electrons. The number of benzene rings is 1. The number of carbonyl (C=O) groups is 1. The van der Waals surface area contributed by atoms with Gasteiger partial charge in [-0.25, -0.2) is 4.79 Å². The van der Waals surface area contributed by atoms with Crippen LogP contribution < -0.4 is 10.6 Å². The van der Waals surface area contributed by atoms with Crippen LogP contribution in [0.5, 0.6) is 0 Å². The van der Waals surface area contributed by atoms with E-state index in [1.807, 2.05) is 24.0 Å². The van der Waals surface area contributed by atoms with E-state index in [1.165, 1.54) is 6.42 Å². The monoisotopic (exact) mass is 313 g/mol. The molecule has 6 nitrogen and oxygen atoms in total. The quantitative estimate of drug-likeness (QED) is 0.865. The SMILES string of the molecule is Cc1ccc(NC(=O)N2CCN([C@@H]3CCNC3)CC2)cc1C#N. The van der Waals surface area contributed by atoms with Crippen molar-refractivity contribution in [3.8, 4) is 6.07 Å². The summed E-state index contributed by atoms with van der Waals surface area (Å²) in [6.45, 7) is 7.40. The fourth-order valence-corrected chi connectivity index (χ4v) is 3.26. The minimum Gasteiger partial charge on any atom is -0.322 e. The Morgan fingerprint density at radius 1 is 1.35 bits per heavy atom. The predicted octanol–water partition coefficient (Wildman–Crippen LogP) is 1.38. The molecule has 2 aliphatic heterocycles. The molecule has 2 heterocycles. The molecule has 2 saturated heterocycles. The molecule has 0 unspecified atom stereocenters. The maximum atomic E-state index is 12.4. The van der Waals surface area contributed by atoms with E-state index in [9.17, 15) is 4.79 Å². The first kappa shape index (κ1) is 15.8. The van der Waals surface area contributed by atoms with Crippen molar-refractivity contribution in [2.45, 2.75) is 19.4 Å². The molecule has 1 atom stereocenters. The number of hydrogen-bond donors (Lipinski definition) is 2. The van der Waals surface area contributed by atoms with E-state index >= 15 is 0 Å². The van der Waals surface area contributed by atoms with Crippen LogP contribution in [0.3, 0.4) is 0 Å². The van der Waals surface area contributed by atoms with Gasteiger partial charge in [-0.15, -0.1) is 0 Å². The van der Waals surface area contributed by atoms with Gasteiger partial charge in [0.05, 0.1) is 11.6 Å². The molecule has 2 N–H and O–H groups in total. The number of hydrogen-bond acceptors (Lipinski definition) is 4. The number of carbonyl (C=O) groups excluding carboxylic acids is 1. The average Bonchev–Trinajstić information content (AvgIpc) is 3.11. The predicted molar refractivity (Wildman–Crippen MR) is 89.3 cm³/mol. The minimum absolute atomic E-state index is 0.0815. The molecule has 6 heteroatoms. The number of urea groups is 1. The molecule has 0 spiro atoms. The highest BCUT2D eigenvalue weighted by molar-refractivity contribution is 5.89. The molecule has 23 heavy (non-hydrogen) atoms. The lowest BCUT2D eigenvalue weighted by molar-refractivity contribution is 0.119. The highest BCUT2D eigenvalue weighted by Crippen LogP contribution is 2.16. The number of nitriles is 1. The fourth-order valence-electron chi connectivity index (χ4n) is 3.26. The molecule has 0 aromatic heterocycles. The highest BCUT2D eigenvalue weighted by atomic mass is 16.2. The van der Waals surface area contributed by atoms with Crippen molar-refractivity contribution in [3.63, 3.8) is 0 Å². The topological polar surface area (TPSA) is 71.4 Å². The van der Waals surface area contributed by atoms with Gasteiger partial charge in [0.25, 0.3) is 0 Å². The van der Waals surface area contributed by atoms with Crippen LogP contribution in [0.15, 0.2) is 18.2 Å². The van der Waals surface area contributed by atoms with E-state index in [4.69, 9.17) is 5.26 Å². The molecule has 1 aromatic carbocycles. The Morgan fingerprint density at radius 3 is 2.78 bits per heavy atom. The lowest BCUT2D eigenvalue weighted by Gasteiger charge is -2.37. The van der Waals surface area contributed by atoms with Crippen LogP contribution in [0.2, 0.25) is 0 Å². The first-order chi connectivity index (χ1) is 11.2. The molecule has 0 aliphatic carbocycles. The van der Waals surface area contributed by atoms with Gasteiger partial charge in [-0.3, -0.25) is 4.90 Å². The number of nitrogens with zero attached hydrogens (tertiary/aromatic N) is 3. The second kappa shape index (κ2) is 6.99. The maximum absolute atomic E-state index is 12.4. The van der Waals surface area contributed by atoms with Crippen molar-refractivity contribution in [2.75, 3.05) is 44.6 Å². The van der Waals surface area contributed by atoms with E-state index in [1.54, 1.807) is 6.07 Å². The van der Waals surface area contributed by atoms with E-state index in [-0.39, 0.29) is 6.03 Å². The third-order valence-corrected chi connectivity index (χ3v) is 4.76. The zero-order valence-electron chi connectivity index (χ0n) is 13.5. The van der Waals surface area contributed by atoms with Crippen LogP contribution in [0, 0.1) is 18.3 Å². The summed E-state index contributed by atoms with van der Waals surface area (Å²) in [7, 11) is 0. The van der Waals surface area contributed by atoms with Crippen molar-refractivity contribution in [2.24, 2.45) is 0 Å². The van der Waals surface area contributed by atoms with Gasteiger partial charge in [-0.1, -0.05) is 6.07 Å². The summed E-state index contributed by atoms with van der Waals surface area (Å²) in [6.07, 6.45) is 1.20. The summed E-state index contributed by atoms with van der Waals surface area (Å²) in [6, 6.07) is 8.12. The first-order valence-corrected chi connectivity index (χ1v) is 8.19. The van der Waals surface area contributed by atoms with Crippen molar-refractivity contribution < 1.29 is 4.79 Å². The van der Waals surface area contributed by atoms with E-state index in [0.717, 1.165) is 44.8 Å². The molecular formula is C17H23N5O. The summed E-state index contributed by atoms with van der Waals surface area (Å²) in [5, 5.41) is 15.4. The van der Waals surface area contributed by atoms with E-state index in [0.29, 0.717) is 17.3 Å². The van der Waals surface area contributed by atoms with Gasteiger partial charge in [0.1, 0.15) is 0 Å². The van der Waals surface area contributed by atoms with Crippen LogP contribution in [-0.2, 0) is 0 Å². The van der Waals surface area contributed by atoms with Gasteiger partial charge in [-0.2, -0.15) is 5.26 Å². The van der Waals surface area contributed by atoms with Crippen molar-refractivity contribution in [3.05, 3.63) is 29.3 Å². The third-order valence-electron chi connectivity index (χ3n) is 4.76. The van der Waals surface area contributed by atoms with Crippen LogP contribution in [0.1, 0.15) is 17.5 Å². The van der Waals surface area contributed by atoms with E-state index in [2.05, 4.69) is 21.6 Å².